The van der Waals surface area contributed by atoms with Crippen LogP contribution in [0.25, 0.3) is 23.3 Å². The van der Waals surface area contributed by atoms with Gasteiger partial charge in [0.25, 0.3) is 0 Å². The zero-order valence-electron chi connectivity index (χ0n) is 15.1. The molecule has 0 aliphatic carbocycles. The van der Waals surface area contributed by atoms with E-state index < -0.39 is 5.23 Å². The van der Waals surface area contributed by atoms with Crippen molar-refractivity contribution in [1.29, 1.82) is 0 Å². The second-order valence-electron chi connectivity index (χ2n) is 6.12. The summed E-state index contributed by atoms with van der Waals surface area (Å²) in [7, 11) is 0. The van der Waals surface area contributed by atoms with E-state index >= 15 is 0 Å². The third-order valence-corrected chi connectivity index (χ3v) is 4.50. The van der Waals surface area contributed by atoms with Crippen LogP contribution < -0.4 is 10.5 Å². The highest BCUT2D eigenvalue weighted by atomic mass is 35.5. The van der Waals surface area contributed by atoms with Gasteiger partial charge in [0.15, 0.2) is 0 Å². The summed E-state index contributed by atoms with van der Waals surface area (Å²) in [5.74, 6) is 0. The molecule has 0 saturated carbocycles. The maximum Gasteiger partial charge on any atom is 0.104 e. The Balaban J connectivity index is 2.10. The number of benzene rings is 3. The van der Waals surface area contributed by atoms with Gasteiger partial charge >= 0.3 is 0 Å². The number of hydrogen-bond acceptors (Lipinski definition) is 6. The van der Waals surface area contributed by atoms with Crippen LogP contribution in [0.1, 0.15) is 22.3 Å². The van der Waals surface area contributed by atoms with Crippen LogP contribution >= 0.6 is 11.6 Å². The molecule has 7 heteroatoms. The van der Waals surface area contributed by atoms with Crippen LogP contribution in [0.3, 0.4) is 0 Å². The van der Waals surface area contributed by atoms with E-state index in [0.717, 1.165) is 17.2 Å². The van der Waals surface area contributed by atoms with E-state index in [0.29, 0.717) is 16.2 Å². The lowest BCUT2D eigenvalue weighted by atomic mass is 10.0. The SMILES string of the molecule is [O-]N([O-])c1cc(N(O)O)c(C=C(Cl)c2ccccc2)cc1C=Cc1ccccc1. The lowest BCUT2D eigenvalue weighted by Gasteiger charge is -2.39. The predicted molar refractivity (Wildman–Crippen MR) is 117 cm³/mol. The highest BCUT2D eigenvalue weighted by molar-refractivity contribution is 6.51. The van der Waals surface area contributed by atoms with Crippen molar-refractivity contribution in [3.05, 3.63) is 105 Å². The van der Waals surface area contributed by atoms with Crippen molar-refractivity contribution >= 4 is 46.2 Å². The molecule has 0 bridgehead atoms. The highest BCUT2D eigenvalue weighted by Gasteiger charge is 2.12. The van der Waals surface area contributed by atoms with Crippen molar-refractivity contribution in [2.24, 2.45) is 0 Å². The number of halogens is 1. The summed E-state index contributed by atoms with van der Waals surface area (Å²) >= 11 is 6.37. The van der Waals surface area contributed by atoms with Gasteiger partial charge in [0.2, 0.25) is 0 Å². The number of rotatable bonds is 6. The zero-order valence-corrected chi connectivity index (χ0v) is 15.9. The molecule has 6 nitrogen and oxygen atoms in total. The summed E-state index contributed by atoms with van der Waals surface area (Å²) in [6, 6.07) is 21.0. The molecule has 0 heterocycles. The van der Waals surface area contributed by atoms with Crippen molar-refractivity contribution in [1.82, 2.24) is 0 Å². The molecule has 0 radical (unpaired) electrons. The minimum Gasteiger partial charge on any atom is -0.769 e. The van der Waals surface area contributed by atoms with Crippen LogP contribution in [0.15, 0.2) is 72.8 Å². The van der Waals surface area contributed by atoms with Crippen LogP contribution in [0.5, 0.6) is 0 Å². The fourth-order valence-corrected chi connectivity index (χ4v) is 3.00. The molecule has 0 saturated heterocycles. The first kappa shape index (κ1) is 20.6. The Kier molecular flexibility index (Phi) is 6.66. The quantitative estimate of drug-likeness (QED) is 0.385. The number of hydrogen-bond donors (Lipinski definition) is 2. The van der Waals surface area contributed by atoms with Crippen LogP contribution in [-0.4, -0.2) is 10.4 Å². The van der Waals surface area contributed by atoms with Gasteiger partial charge in [-0.1, -0.05) is 84.4 Å². The summed E-state index contributed by atoms with van der Waals surface area (Å²) in [6.07, 6.45) is 4.86. The minimum absolute atomic E-state index is 0.154. The molecule has 0 atom stereocenters. The van der Waals surface area contributed by atoms with E-state index in [1.54, 1.807) is 24.3 Å². The maximum atomic E-state index is 11.5. The van der Waals surface area contributed by atoms with E-state index in [1.165, 1.54) is 12.1 Å². The Morgan fingerprint density at radius 3 is 2.00 bits per heavy atom. The summed E-state index contributed by atoms with van der Waals surface area (Å²) < 4.78 is 0. The fourth-order valence-electron chi connectivity index (χ4n) is 2.76. The smallest absolute Gasteiger partial charge is 0.104 e. The summed E-state index contributed by atoms with van der Waals surface area (Å²) in [5.41, 5.74) is 1.77. The molecule has 0 aliphatic heterocycles. The predicted octanol–water partition coefficient (Wildman–Crippen LogP) is 5.98. The molecule has 2 N–H and O–H groups in total. The lowest BCUT2D eigenvalue weighted by Crippen LogP contribution is -2.14. The van der Waals surface area contributed by atoms with Crippen molar-refractivity contribution in [3.8, 4) is 0 Å². The van der Waals surface area contributed by atoms with Crippen LogP contribution in [0.2, 0.25) is 0 Å². The van der Waals surface area contributed by atoms with E-state index in [2.05, 4.69) is 0 Å². The Morgan fingerprint density at radius 2 is 1.41 bits per heavy atom. The Morgan fingerprint density at radius 1 is 0.793 bits per heavy atom. The van der Waals surface area contributed by atoms with Crippen molar-refractivity contribution < 1.29 is 10.4 Å². The van der Waals surface area contributed by atoms with E-state index in [-0.39, 0.29) is 16.6 Å². The topological polar surface area (TPSA) is 93.1 Å². The van der Waals surface area contributed by atoms with Gasteiger partial charge < -0.3 is 15.6 Å². The normalized spacial score (nSPS) is 11.7. The molecular formula is C22H17ClN2O4-2. The van der Waals surface area contributed by atoms with Gasteiger partial charge in [0, 0.05) is 16.3 Å². The molecule has 3 aromatic rings. The maximum absolute atomic E-state index is 11.5. The van der Waals surface area contributed by atoms with E-state index in [1.807, 2.05) is 48.5 Å². The van der Waals surface area contributed by atoms with Crippen LogP contribution in [0, 0.1) is 10.4 Å². The molecule has 0 aliphatic rings. The van der Waals surface area contributed by atoms with Gasteiger partial charge in [-0.05, 0) is 34.9 Å². The number of anilines is 2. The second-order valence-corrected chi connectivity index (χ2v) is 6.53. The molecule has 0 spiro atoms. The highest BCUT2D eigenvalue weighted by Crippen LogP contribution is 2.34. The molecule has 3 rings (SSSR count). The van der Waals surface area contributed by atoms with Crippen molar-refractivity contribution in [3.63, 3.8) is 0 Å². The average Bonchev–Trinajstić information content (AvgIpc) is 2.73. The zero-order chi connectivity index (χ0) is 20.8. The lowest BCUT2D eigenvalue weighted by molar-refractivity contribution is 0.0291. The fraction of sp³-hybridized carbons (Fsp3) is 0. The van der Waals surface area contributed by atoms with Gasteiger partial charge in [-0.3, -0.25) is 10.4 Å². The molecule has 0 amide bonds. The average molecular weight is 409 g/mol. The van der Waals surface area contributed by atoms with Crippen molar-refractivity contribution in [2.45, 2.75) is 0 Å². The molecule has 0 fully saturated rings. The van der Waals surface area contributed by atoms with E-state index in [4.69, 9.17) is 11.6 Å². The molecule has 3 aromatic carbocycles. The monoisotopic (exact) mass is 408 g/mol. The Hall–Kier alpha value is -3.13. The molecule has 148 valence electrons. The second kappa shape index (κ2) is 9.38. The number of nitrogens with zero attached hydrogens (tertiary/aromatic N) is 2. The van der Waals surface area contributed by atoms with E-state index in [9.17, 15) is 20.8 Å². The molecule has 29 heavy (non-hydrogen) atoms. The van der Waals surface area contributed by atoms with Gasteiger partial charge in [-0.2, -0.15) is 0 Å². The largest absolute Gasteiger partial charge is 0.769 e. The van der Waals surface area contributed by atoms with Gasteiger partial charge in [-0.15, -0.1) is 5.23 Å². The minimum atomic E-state index is -0.579. The van der Waals surface area contributed by atoms with Crippen molar-refractivity contribution in [2.75, 3.05) is 10.5 Å². The Labute approximate surface area is 172 Å². The first-order valence-corrected chi connectivity index (χ1v) is 8.99. The summed E-state index contributed by atoms with van der Waals surface area (Å²) in [4.78, 5) is 0. The first-order chi connectivity index (χ1) is 14.0. The molecular weight excluding hydrogens is 392 g/mol. The summed E-state index contributed by atoms with van der Waals surface area (Å²) in [5, 5.41) is 41.8. The van der Waals surface area contributed by atoms with Crippen LogP contribution in [0.4, 0.5) is 11.4 Å². The van der Waals surface area contributed by atoms with Gasteiger partial charge in [0.1, 0.15) is 5.69 Å². The van der Waals surface area contributed by atoms with Crippen LogP contribution in [-0.2, 0) is 0 Å². The molecule has 0 aromatic heterocycles. The van der Waals surface area contributed by atoms with Gasteiger partial charge in [0.05, 0.1) is 0 Å². The Bertz CT molecular complexity index is 1020. The van der Waals surface area contributed by atoms with Gasteiger partial charge in [-0.25, -0.2) is 0 Å². The first-order valence-electron chi connectivity index (χ1n) is 8.62. The standard InChI is InChI=1S/C22H17ClN2O4/c23-20(17-9-5-2-6-10-17)14-19-13-18(12-11-16-7-3-1-4-8-16)21(24(26)27)15-22(19)25(28)29/h1-15,28-29H/q-2. The third-order valence-electron chi connectivity index (χ3n) is 4.17. The summed E-state index contributed by atoms with van der Waals surface area (Å²) in [6.45, 7) is 0. The molecule has 0 unspecified atom stereocenters. The third kappa shape index (κ3) is 5.23.